The summed E-state index contributed by atoms with van der Waals surface area (Å²) in [4.78, 5) is 37.1. The zero-order valence-electron chi connectivity index (χ0n) is 19.4. The third kappa shape index (κ3) is 10.7. The number of carbonyl (C=O) groups excluding carboxylic acids is 2. The molecule has 2 atom stereocenters. The largest absolute Gasteiger partial charge is 0.480 e. The monoisotopic (exact) mass is 446 g/mol. The third-order valence-corrected chi connectivity index (χ3v) is 4.25. The Bertz CT molecular complexity index is 616. The lowest BCUT2D eigenvalue weighted by atomic mass is 10.2. The normalized spacial score (nSPS) is 22.2. The van der Waals surface area contributed by atoms with Gasteiger partial charge in [-0.3, -0.25) is 4.79 Å². The lowest BCUT2D eigenvalue weighted by Gasteiger charge is -2.34. The molecule has 0 bridgehead atoms. The molecule has 0 saturated carbocycles. The van der Waals surface area contributed by atoms with Crippen LogP contribution in [0.5, 0.6) is 0 Å². The Morgan fingerprint density at radius 3 is 1.74 bits per heavy atom. The number of aliphatic hydroxyl groups excluding tert-OH is 1. The molecular formula is C20H38N4O7. The van der Waals surface area contributed by atoms with Crippen molar-refractivity contribution in [1.29, 1.82) is 0 Å². The lowest BCUT2D eigenvalue weighted by molar-refractivity contribution is -0.140. The van der Waals surface area contributed by atoms with Crippen molar-refractivity contribution in [2.24, 2.45) is 0 Å². The van der Waals surface area contributed by atoms with Crippen LogP contribution in [0.3, 0.4) is 0 Å². The smallest absolute Gasteiger partial charge is 0.410 e. The predicted molar refractivity (Wildman–Crippen MR) is 114 cm³/mol. The van der Waals surface area contributed by atoms with E-state index in [-0.39, 0.29) is 25.3 Å². The van der Waals surface area contributed by atoms with Gasteiger partial charge in [0.1, 0.15) is 17.2 Å². The molecule has 180 valence electrons. The van der Waals surface area contributed by atoms with Crippen LogP contribution in [0, 0.1) is 0 Å². The summed E-state index contributed by atoms with van der Waals surface area (Å²) in [5, 5.41) is 23.7. The molecule has 2 rings (SSSR count). The van der Waals surface area contributed by atoms with E-state index in [2.05, 4.69) is 10.6 Å². The summed E-state index contributed by atoms with van der Waals surface area (Å²) in [5.41, 5.74) is -1.02. The Morgan fingerprint density at radius 1 is 0.871 bits per heavy atom. The topological polar surface area (TPSA) is 141 Å². The average molecular weight is 447 g/mol. The summed E-state index contributed by atoms with van der Waals surface area (Å²) in [6, 6.07) is -0.743. The van der Waals surface area contributed by atoms with E-state index in [9.17, 15) is 14.4 Å². The van der Waals surface area contributed by atoms with Crippen LogP contribution in [-0.2, 0) is 14.3 Å². The van der Waals surface area contributed by atoms with Gasteiger partial charge in [0.15, 0.2) is 0 Å². The minimum Gasteiger partial charge on any atom is -0.480 e. The molecule has 2 saturated heterocycles. The summed E-state index contributed by atoms with van der Waals surface area (Å²) in [5.74, 6) is -0.951. The van der Waals surface area contributed by atoms with Crippen LogP contribution < -0.4 is 10.6 Å². The molecule has 0 aromatic rings. The molecule has 0 unspecified atom stereocenters. The van der Waals surface area contributed by atoms with Crippen LogP contribution >= 0.6 is 0 Å². The number of hydrogen-bond donors (Lipinski definition) is 4. The zero-order chi connectivity index (χ0) is 23.8. The number of rotatable bonds is 2. The van der Waals surface area contributed by atoms with Crippen LogP contribution in [-0.4, -0.2) is 107 Å². The number of aliphatic hydroxyl groups is 1. The number of nitrogens with zero attached hydrogens (tertiary/aromatic N) is 2. The van der Waals surface area contributed by atoms with Crippen LogP contribution in [0.2, 0.25) is 0 Å². The summed E-state index contributed by atoms with van der Waals surface area (Å²) < 4.78 is 10.4. The van der Waals surface area contributed by atoms with Crippen molar-refractivity contribution in [2.45, 2.75) is 64.8 Å². The summed E-state index contributed by atoms with van der Waals surface area (Å²) in [6.45, 7) is 13.8. The van der Waals surface area contributed by atoms with Gasteiger partial charge in [-0.1, -0.05) is 0 Å². The van der Waals surface area contributed by atoms with Gasteiger partial charge < -0.3 is 40.1 Å². The maximum atomic E-state index is 11.7. The van der Waals surface area contributed by atoms with Crippen molar-refractivity contribution in [1.82, 2.24) is 20.4 Å². The molecule has 2 fully saturated rings. The van der Waals surface area contributed by atoms with E-state index in [0.29, 0.717) is 32.7 Å². The van der Waals surface area contributed by atoms with Crippen LogP contribution in [0.1, 0.15) is 41.5 Å². The zero-order valence-corrected chi connectivity index (χ0v) is 19.4. The maximum Gasteiger partial charge on any atom is 0.410 e. The van der Waals surface area contributed by atoms with Gasteiger partial charge in [0.25, 0.3) is 0 Å². The van der Waals surface area contributed by atoms with Crippen LogP contribution in [0.15, 0.2) is 0 Å². The highest BCUT2D eigenvalue weighted by Gasteiger charge is 2.30. The van der Waals surface area contributed by atoms with E-state index in [1.54, 1.807) is 25.7 Å². The molecule has 2 aliphatic heterocycles. The summed E-state index contributed by atoms with van der Waals surface area (Å²) >= 11 is 0. The predicted octanol–water partition coefficient (Wildman–Crippen LogP) is 0.468. The molecule has 0 aromatic heterocycles. The Morgan fingerprint density at radius 2 is 1.32 bits per heavy atom. The van der Waals surface area contributed by atoms with Gasteiger partial charge in [-0.05, 0) is 41.5 Å². The fourth-order valence-electron chi connectivity index (χ4n) is 2.85. The van der Waals surface area contributed by atoms with Crippen LogP contribution in [0.25, 0.3) is 0 Å². The number of amides is 2. The molecule has 11 heteroatoms. The van der Waals surface area contributed by atoms with E-state index in [1.165, 1.54) is 4.90 Å². The maximum absolute atomic E-state index is 11.7. The molecular weight excluding hydrogens is 408 g/mol. The standard InChI is InChI=1S/C10H18N2O4.C10H20N2O3/c1-10(2,3)16-9(15)12-5-4-11-7(6-12)8(13)14;1-10(2,3)15-9(14)12-5-4-11-8(6-12)7-13/h7,11H,4-6H2,1-3H3,(H,13,14);8,11,13H,4-7H2,1-3H3/t7-;8-/m10/s1. The van der Waals surface area contributed by atoms with Crippen LogP contribution in [0.4, 0.5) is 9.59 Å². The number of nitrogens with one attached hydrogen (secondary N) is 2. The molecule has 2 amide bonds. The Kier molecular flexibility index (Phi) is 9.98. The quantitative estimate of drug-likeness (QED) is 0.476. The second kappa shape index (κ2) is 11.5. The van der Waals surface area contributed by atoms with E-state index in [1.807, 2.05) is 20.8 Å². The van der Waals surface area contributed by atoms with Gasteiger partial charge in [-0.2, -0.15) is 0 Å². The van der Waals surface area contributed by atoms with Gasteiger partial charge in [-0.15, -0.1) is 0 Å². The van der Waals surface area contributed by atoms with Crippen molar-refractivity contribution in [2.75, 3.05) is 45.9 Å². The number of carboxylic acids is 1. The number of carboxylic acid groups (broad SMARTS) is 1. The first-order valence-corrected chi connectivity index (χ1v) is 10.5. The minimum absolute atomic E-state index is 0.0359. The molecule has 0 aliphatic carbocycles. The second-order valence-electron chi connectivity index (χ2n) is 9.53. The SMILES string of the molecule is CC(C)(C)OC(=O)N1CCN[C@@H](C(=O)O)C1.CC(C)(C)OC(=O)N1CCN[C@H](CO)C1. The minimum atomic E-state index is -0.951. The highest BCUT2D eigenvalue weighted by atomic mass is 16.6. The number of aliphatic carboxylic acids is 1. The summed E-state index contributed by atoms with van der Waals surface area (Å²) in [7, 11) is 0. The molecule has 0 spiro atoms. The first-order valence-electron chi connectivity index (χ1n) is 10.5. The summed E-state index contributed by atoms with van der Waals surface area (Å²) in [6.07, 6.45) is -0.761. The van der Waals surface area contributed by atoms with Crippen molar-refractivity contribution < 1.29 is 34.1 Å². The number of carbonyl (C=O) groups is 3. The lowest BCUT2D eigenvalue weighted by Crippen LogP contribution is -2.56. The van der Waals surface area contributed by atoms with Gasteiger partial charge in [0.05, 0.1) is 13.2 Å². The Hall–Kier alpha value is -2.11. The Labute approximate surface area is 184 Å². The van der Waals surface area contributed by atoms with Crippen molar-refractivity contribution in [3.8, 4) is 0 Å². The van der Waals surface area contributed by atoms with E-state index < -0.39 is 29.3 Å². The Balaban J connectivity index is 0.000000311. The van der Waals surface area contributed by atoms with Gasteiger partial charge in [0.2, 0.25) is 0 Å². The molecule has 11 nitrogen and oxygen atoms in total. The molecule has 0 aromatic carbocycles. The molecule has 2 heterocycles. The van der Waals surface area contributed by atoms with E-state index in [4.69, 9.17) is 19.7 Å². The van der Waals surface area contributed by atoms with Gasteiger partial charge in [-0.25, -0.2) is 9.59 Å². The first kappa shape index (κ1) is 26.9. The average Bonchev–Trinajstić information content (AvgIpc) is 2.66. The van der Waals surface area contributed by atoms with Gasteiger partial charge >= 0.3 is 18.2 Å². The third-order valence-electron chi connectivity index (χ3n) is 4.25. The highest BCUT2D eigenvalue weighted by Crippen LogP contribution is 2.12. The molecule has 4 N–H and O–H groups in total. The highest BCUT2D eigenvalue weighted by molar-refractivity contribution is 5.76. The number of piperazine rings is 2. The first-order chi connectivity index (χ1) is 14.2. The van der Waals surface area contributed by atoms with E-state index >= 15 is 0 Å². The van der Waals surface area contributed by atoms with Gasteiger partial charge in [0, 0.05) is 38.8 Å². The number of hydrogen-bond acceptors (Lipinski definition) is 8. The second-order valence-corrected chi connectivity index (χ2v) is 9.53. The van der Waals surface area contributed by atoms with Crippen molar-refractivity contribution in [3.63, 3.8) is 0 Å². The molecule has 2 aliphatic rings. The molecule has 0 radical (unpaired) electrons. The van der Waals surface area contributed by atoms with Crippen molar-refractivity contribution >= 4 is 18.2 Å². The fraction of sp³-hybridized carbons (Fsp3) is 0.850. The fourth-order valence-corrected chi connectivity index (χ4v) is 2.85. The van der Waals surface area contributed by atoms with E-state index in [0.717, 1.165) is 0 Å². The molecule has 31 heavy (non-hydrogen) atoms. The number of ether oxygens (including phenoxy) is 2. The van der Waals surface area contributed by atoms with Crippen molar-refractivity contribution in [3.05, 3.63) is 0 Å².